The average molecular weight is 194 g/mol. The number of hydrogen-bond donors (Lipinski definition) is 0. The first kappa shape index (κ1) is 10.4. The van der Waals surface area contributed by atoms with Gasteiger partial charge in [0, 0.05) is 0 Å². The number of halogens is 4. The van der Waals surface area contributed by atoms with Crippen LogP contribution >= 0.6 is 21.6 Å². The smallest absolute Gasteiger partial charge is 0.235 e. The molecule has 0 saturated heterocycles. The molecule has 2 atom stereocenters. The zero-order chi connectivity index (χ0) is 8.15. The van der Waals surface area contributed by atoms with Crippen LogP contribution in [0.15, 0.2) is 0 Å². The fourth-order valence-electron chi connectivity index (χ4n) is 0.172. The number of alkyl halides is 4. The quantitative estimate of drug-likeness (QED) is 0.497. The van der Waals surface area contributed by atoms with Crippen molar-refractivity contribution in [2.75, 3.05) is 0 Å². The molecular formula is C4H6F4S2. The molecule has 6 heteroatoms. The fourth-order valence-corrected chi connectivity index (χ4v) is 1.54. The van der Waals surface area contributed by atoms with Gasteiger partial charge in [-0.2, -0.15) is 0 Å². The first-order valence-corrected chi connectivity index (χ1v) is 4.70. The Morgan fingerprint density at radius 2 is 1.50 bits per heavy atom. The van der Waals surface area contributed by atoms with E-state index in [-0.39, 0.29) is 10.8 Å². The van der Waals surface area contributed by atoms with E-state index in [1.54, 1.807) is 0 Å². The zero-order valence-electron chi connectivity index (χ0n) is 5.06. The van der Waals surface area contributed by atoms with Gasteiger partial charge >= 0.3 is 0 Å². The SMILES string of the molecule is CC(F)SSC(F)C(F)F. The average Bonchev–Trinajstić information content (AvgIpc) is 1.82. The van der Waals surface area contributed by atoms with Gasteiger partial charge in [-0.05, 0) is 17.7 Å². The maximum absolute atomic E-state index is 11.9. The second-order valence-electron chi connectivity index (χ2n) is 1.42. The van der Waals surface area contributed by atoms with Gasteiger partial charge in [-0.15, -0.1) is 0 Å². The summed E-state index contributed by atoms with van der Waals surface area (Å²) >= 11 is 0. The van der Waals surface area contributed by atoms with Crippen molar-refractivity contribution >= 4 is 21.6 Å². The van der Waals surface area contributed by atoms with Gasteiger partial charge < -0.3 is 0 Å². The lowest BCUT2D eigenvalue weighted by Crippen LogP contribution is -2.05. The highest BCUT2D eigenvalue weighted by Crippen LogP contribution is 2.34. The van der Waals surface area contributed by atoms with Gasteiger partial charge in [0.2, 0.25) is 5.50 Å². The second-order valence-corrected chi connectivity index (χ2v) is 4.06. The molecule has 0 aliphatic heterocycles. The Kier molecular flexibility index (Phi) is 5.34. The lowest BCUT2D eigenvalue weighted by Gasteiger charge is -2.04. The van der Waals surface area contributed by atoms with Crippen molar-refractivity contribution in [3.8, 4) is 0 Å². The van der Waals surface area contributed by atoms with Crippen LogP contribution in [-0.4, -0.2) is 17.4 Å². The normalized spacial score (nSPS) is 17.4. The van der Waals surface area contributed by atoms with Crippen LogP contribution in [0.25, 0.3) is 0 Å². The van der Waals surface area contributed by atoms with E-state index in [9.17, 15) is 17.6 Å². The highest BCUT2D eigenvalue weighted by molar-refractivity contribution is 8.77. The highest BCUT2D eigenvalue weighted by Gasteiger charge is 2.20. The van der Waals surface area contributed by atoms with E-state index in [2.05, 4.69) is 0 Å². The molecule has 0 saturated carbocycles. The Balaban J connectivity index is 3.30. The standard InChI is InChI=1S/C4H6F4S2/c1-2(5)9-10-4(8)3(6)7/h2-4H,1H3. The lowest BCUT2D eigenvalue weighted by atomic mass is 10.8. The summed E-state index contributed by atoms with van der Waals surface area (Å²) in [5, 5.41) is 0. The summed E-state index contributed by atoms with van der Waals surface area (Å²) in [5.41, 5.74) is -3.61. The number of hydrogen-bond acceptors (Lipinski definition) is 2. The van der Waals surface area contributed by atoms with Crippen LogP contribution in [0.2, 0.25) is 0 Å². The molecular weight excluding hydrogens is 188 g/mol. The van der Waals surface area contributed by atoms with Crippen molar-refractivity contribution in [2.45, 2.75) is 24.4 Å². The Hall–Kier alpha value is 0.420. The first-order valence-electron chi connectivity index (χ1n) is 2.42. The Labute approximate surface area is 64.1 Å². The van der Waals surface area contributed by atoms with E-state index in [1.807, 2.05) is 0 Å². The van der Waals surface area contributed by atoms with Gasteiger partial charge in [0.15, 0.2) is 5.50 Å². The Morgan fingerprint density at radius 1 is 1.00 bits per heavy atom. The van der Waals surface area contributed by atoms with Crippen LogP contribution in [0.3, 0.4) is 0 Å². The molecule has 10 heavy (non-hydrogen) atoms. The maximum Gasteiger partial charge on any atom is 0.279 e. The Morgan fingerprint density at radius 3 is 1.80 bits per heavy atom. The van der Waals surface area contributed by atoms with Crippen LogP contribution in [0.4, 0.5) is 17.6 Å². The summed E-state index contributed by atoms with van der Waals surface area (Å²) in [6, 6.07) is 0. The summed E-state index contributed by atoms with van der Waals surface area (Å²) in [4.78, 5) is 0. The van der Waals surface area contributed by atoms with Crippen LogP contribution in [0.5, 0.6) is 0 Å². The van der Waals surface area contributed by atoms with Gasteiger partial charge in [0.05, 0.1) is 0 Å². The molecule has 0 aromatic heterocycles. The van der Waals surface area contributed by atoms with E-state index in [0.29, 0.717) is 10.8 Å². The summed E-state index contributed by atoms with van der Waals surface area (Å²) in [6.45, 7) is 1.16. The minimum atomic E-state index is -3.03. The molecule has 0 nitrogen and oxygen atoms in total. The van der Waals surface area contributed by atoms with E-state index in [4.69, 9.17) is 0 Å². The minimum absolute atomic E-state index is 0.218. The third-order valence-electron chi connectivity index (χ3n) is 0.478. The molecule has 0 N–H and O–H groups in total. The Bertz CT molecular complexity index is 87.3. The number of rotatable bonds is 4. The zero-order valence-corrected chi connectivity index (χ0v) is 6.69. The van der Waals surface area contributed by atoms with Gasteiger partial charge in [-0.1, -0.05) is 10.8 Å². The van der Waals surface area contributed by atoms with Crippen molar-refractivity contribution in [3.63, 3.8) is 0 Å². The molecule has 0 heterocycles. The highest BCUT2D eigenvalue weighted by atomic mass is 33.1. The van der Waals surface area contributed by atoms with Crippen molar-refractivity contribution in [2.24, 2.45) is 0 Å². The second kappa shape index (κ2) is 5.12. The monoisotopic (exact) mass is 194 g/mol. The van der Waals surface area contributed by atoms with Crippen molar-refractivity contribution in [1.82, 2.24) is 0 Å². The van der Waals surface area contributed by atoms with Gasteiger partial charge in [0.25, 0.3) is 6.43 Å². The molecule has 0 aromatic rings. The van der Waals surface area contributed by atoms with Gasteiger partial charge in [-0.25, -0.2) is 17.6 Å². The predicted molar refractivity (Wildman–Crippen MR) is 36.7 cm³/mol. The first-order chi connectivity index (χ1) is 4.54. The summed E-state index contributed by atoms with van der Waals surface area (Å²) in [6.07, 6.45) is -3.03. The largest absolute Gasteiger partial charge is 0.279 e. The van der Waals surface area contributed by atoms with E-state index in [0.717, 1.165) is 6.92 Å². The molecule has 0 rings (SSSR count). The molecule has 0 spiro atoms. The van der Waals surface area contributed by atoms with Gasteiger partial charge in [-0.3, -0.25) is 0 Å². The third-order valence-corrected chi connectivity index (χ3v) is 2.92. The van der Waals surface area contributed by atoms with Crippen molar-refractivity contribution in [1.29, 1.82) is 0 Å². The molecule has 0 radical (unpaired) electrons. The molecule has 62 valence electrons. The van der Waals surface area contributed by atoms with Crippen LogP contribution < -0.4 is 0 Å². The van der Waals surface area contributed by atoms with Crippen LogP contribution in [-0.2, 0) is 0 Å². The summed E-state index contributed by atoms with van der Waals surface area (Å²) in [7, 11) is 0.680. The molecule has 0 amide bonds. The van der Waals surface area contributed by atoms with E-state index in [1.165, 1.54) is 0 Å². The van der Waals surface area contributed by atoms with Crippen LogP contribution in [0.1, 0.15) is 6.92 Å². The molecule has 0 aliphatic rings. The molecule has 0 bridgehead atoms. The van der Waals surface area contributed by atoms with Crippen molar-refractivity contribution < 1.29 is 17.6 Å². The molecule has 0 aromatic carbocycles. The molecule has 0 aliphatic carbocycles. The lowest BCUT2D eigenvalue weighted by molar-refractivity contribution is 0.0960. The summed E-state index contributed by atoms with van der Waals surface area (Å²) < 4.78 is 46.5. The van der Waals surface area contributed by atoms with E-state index >= 15 is 0 Å². The summed E-state index contributed by atoms with van der Waals surface area (Å²) in [5.74, 6) is 0. The molecule has 0 fully saturated rings. The topological polar surface area (TPSA) is 0 Å². The fraction of sp³-hybridized carbons (Fsp3) is 1.00. The molecule has 2 unspecified atom stereocenters. The predicted octanol–water partition coefficient (Wildman–Crippen LogP) is 3.24. The van der Waals surface area contributed by atoms with Crippen molar-refractivity contribution in [3.05, 3.63) is 0 Å². The maximum atomic E-state index is 11.9. The van der Waals surface area contributed by atoms with E-state index < -0.39 is 17.4 Å². The minimum Gasteiger partial charge on any atom is -0.235 e. The van der Waals surface area contributed by atoms with Crippen LogP contribution in [0, 0.1) is 0 Å². The third kappa shape index (κ3) is 5.22. The van der Waals surface area contributed by atoms with Gasteiger partial charge in [0.1, 0.15) is 0 Å².